The maximum atomic E-state index is 5.93. The van der Waals surface area contributed by atoms with E-state index < -0.39 is 0 Å². The van der Waals surface area contributed by atoms with Crippen LogP contribution in [0.2, 0.25) is 0 Å². The van der Waals surface area contributed by atoms with E-state index in [0.717, 1.165) is 22.6 Å². The summed E-state index contributed by atoms with van der Waals surface area (Å²) in [6.45, 7) is 0.979. The van der Waals surface area contributed by atoms with Crippen molar-refractivity contribution in [3.8, 4) is 11.5 Å². The minimum absolute atomic E-state index is 0.427. The molecule has 0 spiro atoms. The molecule has 0 aromatic heterocycles. The SMILES string of the molecule is ClC1=Cc2ccc(OCc3ccccc3)cc2OC1. The lowest BCUT2D eigenvalue weighted by Gasteiger charge is -2.16. The molecule has 3 heteroatoms. The van der Waals surface area contributed by atoms with Gasteiger partial charge in [-0.05, 0) is 23.8 Å². The van der Waals surface area contributed by atoms with Gasteiger partial charge in [0.2, 0.25) is 0 Å². The molecule has 3 rings (SSSR count). The fraction of sp³-hybridized carbons (Fsp3) is 0.125. The van der Waals surface area contributed by atoms with Crippen LogP contribution in [0.1, 0.15) is 11.1 Å². The van der Waals surface area contributed by atoms with E-state index in [-0.39, 0.29) is 0 Å². The molecule has 2 aromatic rings. The highest BCUT2D eigenvalue weighted by atomic mass is 35.5. The minimum atomic E-state index is 0.427. The Morgan fingerprint density at radius 1 is 1.11 bits per heavy atom. The van der Waals surface area contributed by atoms with Crippen LogP contribution < -0.4 is 9.47 Å². The Hall–Kier alpha value is -1.93. The van der Waals surface area contributed by atoms with Gasteiger partial charge in [0.1, 0.15) is 24.7 Å². The van der Waals surface area contributed by atoms with Gasteiger partial charge in [-0.15, -0.1) is 0 Å². The fourth-order valence-corrected chi connectivity index (χ4v) is 2.12. The van der Waals surface area contributed by atoms with Gasteiger partial charge in [0, 0.05) is 11.6 Å². The van der Waals surface area contributed by atoms with Gasteiger partial charge in [-0.25, -0.2) is 0 Å². The van der Waals surface area contributed by atoms with Crippen LogP contribution in [0, 0.1) is 0 Å². The third-order valence-electron chi connectivity index (χ3n) is 2.91. The van der Waals surface area contributed by atoms with Crippen molar-refractivity contribution < 1.29 is 9.47 Å². The molecule has 0 unspecified atom stereocenters. The summed E-state index contributed by atoms with van der Waals surface area (Å²) in [6, 6.07) is 15.9. The summed E-state index contributed by atoms with van der Waals surface area (Å²) in [6.07, 6.45) is 1.92. The second kappa shape index (κ2) is 5.37. The highest BCUT2D eigenvalue weighted by molar-refractivity contribution is 6.32. The summed E-state index contributed by atoms with van der Waals surface area (Å²) >= 11 is 5.93. The maximum absolute atomic E-state index is 5.93. The zero-order chi connectivity index (χ0) is 13.1. The molecule has 96 valence electrons. The summed E-state index contributed by atoms with van der Waals surface area (Å²) in [5, 5.41) is 0.713. The molecule has 1 aliphatic heterocycles. The maximum Gasteiger partial charge on any atom is 0.130 e. The standard InChI is InChI=1S/C16H13ClO2/c17-14-8-13-6-7-15(9-16(13)19-11-14)18-10-12-4-2-1-3-5-12/h1-9H,10-11H2. The second-order valence-electron chi connectivity index (χ2n) is 4.35. The third-order valence-corrected chi connectivity index (χ3v) is 3.13. The first-order valence-corrected chi connectivity index (χ1v) is 6.49. The van der Waals surface area contributed by atoms with Crippen LogP contribution in [-0.2, 0) is 6.61 Å². The predicted molar refractivity (Wildman–Crippen MR) is 76.5 cm³/mol. The summed E-state index contributed by atoms with van der Waals surface area (Å²) < 4.78 is 11.3. The number of fused-ring (bicyclic) bond motifs is 1. The quantitative estimate of drug-likeness (QED) is 0.832. The Morgan fingerprint density at radius 2 is 1.95 bits per heavy atom. The zero-order valence-corrected chi connectivity index (χ0v) is 11.1. The van der Waals surface area contributed by atoms with Crippen molar-refractivity contribution in [1.82, 2.24) is 0 Å². The van der Waals surface area contributed by atoms with Crippen LogP contribution >= 0.6 is 11.6 Å². The highest BCUT2D eigenvalue weighted by Gasteiger charge is 2.10. The number of hydrogen-bond acceptors (Lipinski definition) is 2. The molecule has 1 heterocycles. The zero-order valence-electron chi connectivity index (χ0n) is 10.3. The van der Waals surface area contributed by atoms with Gasteiger partial charge < -0.3 is 9.47 Å². The molecule has 0 bridgehead atoms. The molecule has 0 aliphatic carbocycles. The molecule has 2 aromatic carbocycles. The summed E-state index contributed by atoms with van der Waals surface area (Å²) in [5.74, 6) is 1.61. The second-order valence-corrected chi connectivity index (χ2v) is 4.84. The van der Waals surface area contributed by atoms with Gasteiger partial charge >= 0.3 is 0 Å². The van der Waals surface area contributed by atoms with Crippen molar-refractivity contribution >= 4 is 17.7 Å². The minimum Gasteiger partial charge on any atom is -0.489 e. The molecule has 0 saturated carbocycles. The third kappa shape index (κ3) is 2.91. The number of benzene rings is 2. The normalized spacial score (nSPS) is 13.2. The lowest BCUT2D eigenvalue weighted by molar-refractivity contribution is 0.301. The monoisotopic (exact) mass is 272 g/mol. The highest BCUT2D eigenvalue weighted by Crippen LogP contribution is 2.31. The largest absolute Gasteiger partial charge is 0.489 e. The molecular formula is C16H13ClO2. The van der Waals surface area contributed by atoms with Crippen LogP contribution in [0.5, 0.6) is 11.5 Å². The van der Waals surface area contributed by atoms with Crippen LogP contribution in [0.25, 0.3) is 6.08 Å². The Morgan fingerprint density at radius 3 is 2.79 bits per heavy atom. The van der Waals surface area contributed by atoms with Crippen molar-refractivity contribution in [2.24, 2.45) is 0 Å². The molecule has 0 fully saturated rings. The molecule has 0 radical (unpaired) electrons. The van der Waals surface area contributed by atoms with Gasteiger partial charge in [0.25, 0.3) is 0 Å². The van der Waals surface area contributed by atoms with Gasteiger partial charge in [0.15, 0.2) is 0 Å². The number of hydrogen-bond donors (Lipinski definition) is 0. The number of rotatable bonds is 3. The average molecular weight is 273 g/mol. The van der Waals surface area contributed by atoms with E-state index in [1.165, 1.54) is 0 Å². The van der Waals surface area contributed by atoms with E-state index in [9.17, 15) is 0 Å². The van der Waals surface area contributed by atoms with E-state index in [0.29, 0.717) is 18.2 Å². The number of ether oxygens (including phenoxy) is 2. The van der Waals surface area contributed by atoms with E-state index in [4.69, 9.17) is 21.1 Å². The predicted octanol–water partition coefficient (Wildman–Crippen LogP) is 4.24. The first kappa shape index (κ1) is 12.1. The molecular weight excluding hydrogens is 260 g/mol. The summed E-state index contributed by atoms with van der Waals surface area (Å²) in [7, 11) is 0. The lowest BCUT2D eigenvalue weighted by atomic mass is 10.1. The molecule has 0 atom stereocenters. The van der Waals surface area contributed by atoms with E-state index >= 15 is 0 Å². The van der Waals surface area contributed by atoms with Gasteiger partial charge in [-0.1, -0.05) is 41.9 Å². The van der Waals surface area contributed by atoms with Crippen molar-refractivity contribution in [3.63, 3.8) is 0 Å². The smallest absolute Gasteiger partial charge is 0.130 e. The average Bonchev–Trinajstić information content (AvgIpc) is 2.46. The molecule has 19 heavy (non-hydrogen) atoms. The van der Waals surface area contributed by atoms with Gasteiger partial charge in [-0.2, -0.15) is 0 Å². The van der Waals surface area contributed by atoms with Crippen molar-refractivity contribution in [2.45, 2.75) is 6.61 Å². The molecule has 2 nitrogen and oxygen atoms in total. The molecule has 0 N–H and O–H groups in total. The lowest BCUT2D eigenvalue weighted by Crippen LogP contribution is -2.04. The van der Waals surface area contributed by atoms with Crippen molar-refractivity contribution in [1.29, 1.82) is 0 Å². The Bertz CT molecular complexity index is 605. The van der Waals surface area contributed by atoms with E-state index in [2.05, 4.69) is 0 Å². The summed E-state index contributed by atoms with van der Waals surface area (Å²) in [5.41, 5.74) is 2.13. The van der Waals surface area contributed by atoms with Crippen LogP contribution in [0.4, 0.5) is 0 Å². The molecule has 1 aliphatic rings. The Labute approximate surface area is 117 Å². The topological polar surface area (TPSA) is 18.5 Å². The Kier molecular flexibility index (Phi) is 3.43. The van der Waals surface area contributed by atoms with Gasteiger partial charge in [0.05, 0.1) is 5.03 Å². The van der Waals surface area contributed by atoms with Crippen LogP contribution in [0.15, 0.2) is 53.6 Å². The Balaban J connectivity index is 1.73. The first-order valence-electron chi connectivity index (χ1n) is 6.11. The first-order chi connectivity index (χ1) is 9.31. The van der Waals surface area contributed by atoms with Crippen molar-refractivity contribution in [2.75, 3.05) is 6.61 Å². The number of halogens is 1. The van der Waals surface area contributed by atoms with Crippen LogP contribution in [0.3, 0.4) is 0 Å². The fourth-order valence-electron chi connectivity index (χ4n) is 1.95. The molecule has 0 amide bonds. The van der Waals surface area contributed by atoms with Crippen LogP contribution in [-0.4, -0.2) is 6.61 Å². The van der Waals surface area contributed by atoms with E-state index in [1.54, 1.807) is 0 Å². The van der Waals surface area contributed by atoms with Gasteiger partial charge in [-0.3, -0.25) is 0 Å². The summed E-state index contributed by atoms with van der Waals surface area (Å²) in [4.78, 5) is 0. The van der Waals surface area contributed by atoms with E-state index in [1.807, 2.05) is 54.6 Å². The molecule has 0 saturated heterocycles. The van der Waals surface area contributed by atoms with Crippen molar-refractivity contribution in [3.05, 3.63) is 64.7 Å².